The number of carbonyl (C=O) groups is 3. The van der Waals surface area contributed by atoms with Gasteiger partial charge in [-0.2, -0.15) is 0 Å². The van der Waals surface area contributed by atoms with Crippen LogP contribution in [-0.4, -0.2) is 58.5 Å². The lowest BCUT2D eigenvalue weighted by atomic mass is 9.93. The second-order valence-electron chi connectivity index (χ2n) is 5.68. The van der Waals surface area contributed by atoms with Crippen molar-refractivity contribution in [3.8, 4) is 0 Å². The summed E-state index contributed by atoms with van der Waals surface area (Å²) in [5.74, 6) is -1.42. The van der Waals surface area contributed by atoms with Crippen molar-refractivity contribution in [2.75, 3.05) is 19.8 Å². The van der Waals surface area contributed by atoms with Crippen LogP contribution in [0, 0.1) is 6.92 Å². The van der Waals surface area contributed by atoms with Gasteiger partial charge in [0.25, 0.3) is 5.91 Å². The van der Waals surface area contributed by atoms with Gasteiger partial charge in [0.2, 0.25) is 0 Å². The van der Waals surface area contributed by atoms with Gasteiger partial charge in [-0.05, 0) is 25.3 Å². The molecular weight excluding hydrogens is 288 g/mol. The van der Waals surface area contributed by atoms with Crippen LogP contribution in [0.25, 0.3) is 0 Å². The van der Waals surface area contributed by atoms with Gasteiger partial charge in [0, 0.05) is 24.2 Å². The van der Waals surface area contributed by atoms with Gasteiger partial charge in [-0.25, -0.2) is 4.79 Å². The van der Waals surface area contributed by atoms with Crippen LogP contribution in [0.2, 0.25) is 0 Å². The summed E-state index contributed by atoms with van der Waals surface area (Å²) in [7, 11) is 0. The number of nitrogens with one attached hydrogen (secondary N) is 1. The summed E-state index contributed by atoms with van der Waals surface area (Å²) >= 11 is 0. The average Bonchev–Trinajstić information content (AvgIpc) is 2.85. The van der Waals surface area contributed by atoms with E-state index in [1.807, 2.05) is 0 Å². The second kappa shape index (κ2) is 5.57. The van der Waals surface area contributed by atoms with Crippen LogP contribution in [0.3, 0.4) is 0 Å². The van der Waals surface area contributed by atoms with E-state index in [2.05, 4.69) is 4.98 Å². The number of fused-ring (bicyclic) bond motifs is 1. The zero-order valence-electron chi connectivity index (χ0n) is 12.3. The van der Waals surface area contributed by atoms with Crippen molar-refractivity contribution < 1.29 is 24.2 Å². The van der Waals surface area contributed by atoms with Crippen molar-refractivity contribution in [2.24, 2.45) is 0 Å². The monoisotopic (exact) mass is 306 g/mol. The largest absolute Gasteiger partial charge is 0.480 e. The number of carboxylic acid groups (broad SMARTS) is 1. The first-order valence-electron chi connectivity index (χ1n) is 7.37. The van der Waals surface area contributed by atoms with Crippen molar-refractivity contribution in [3.63, 3.8) is 0 Å². The molecule has 118 valence electrons. The molecule has 1 unspecified atom stereocenters. The van der Waals surface area contributed by atoms with E-state index in [1.54, 1.807) is 6.92 Å². The molecule has 1 fully saturated rings. The van der Waals surface area contributed by atoms with Crippen LogP contribution in [0.4, 0.5) is 0 Å². The fourth-order valence-electron chi connectivity index (χ4n) is 3.18. The van der Waals surface area contributed by atoms with Crippen LogP contribution < -0.4 is 0 Å². The summed E-state index contributed by atoms with van der Waals surface area (Å²) in [6.07, 6.45) is 2.00. The zero-order valence-corrected chi connectivity index (χ0v) is 12.3. The van der Waals surface area contributed by atoms with Gasteiger partial charge in [0.15, 0.2) is 11.8 Å². The Labute approximate surface area is 127 Å². The molecular formula is C15H18N2O5. The average molecular weight is 306 g/mol. The quantitative estimate of drug-likeness (QED) is 0.840. The number of morpholine rings is 1. The highest BCUT2D eigenvalue weighted by molar-refractivity contribution is 6.04. The third-order valence-corrected chi connectivity index (χ3v) is 4.33. The van der Waals surface area contributed by atoms with Gasteiger partial charge < -0.3 is 19.7 Å². The number of ketones is 1. The molecule has 1 aliphatic heterocycles. The van der Waals surface area contributed by atoms with Crippen molar-refractivity contribution in [1.29, 1.82) is 0 Å². The van der Waals surface area contributed by atoms with Gasteiger partial charge in [-0.15, -0.1) is 0 Å². The summed E-state index contributed by atoms with van der Waals surface area (Å²) in [5, 5.41) is 9.24. The molecule has 0 saturated carbocycles. The Morgan fingerprint density at radius 3 is 2.82 bits per heavy atom. The first kappa shape index (κ1) is 14.8. The van der Waals surface area contributed by atoms with Gasteiger partial charge in [0.05, 0.1) is 13.2 Å². The third-order valence-electron chi connectivity index (χ3n) is 4.33. The highest BCUT2D eigenvalue weighted by Crippen LogP contribution is 2.27. The fourth-order valence-corrected chi connectivity index (χ4v) is 3.18. The van der Waals surface area contributed by atoms with E-state index in [-0.39, 0.29) is 24.8 Å². The number of carboxylic acids is 1. The number of aromatic amines is 1. The number of rotatable bonds is 2. The Hall–Kier alpha value is -2.15. The van der Waals surface area contributed by atoms with Crippen molar-refractivity contribution in [3.05, 3.63) is 22.5 Å². The molecule has 2 aliphatic rings. The molecule has 1 atom stereocenters. The van der Waals surface area contributed by atoms with E-state index in [1.165, 1.54) is 4.90 Å². The van der Waals surface area contributed by atoms with Gasteiger partial charge >= 0.3 is 5.97 Å². The van der Waals surface area contributed by atoms with Crippen LogP contribution >= 0.6 is 0 Å². The van der Waals surface area contributed by atoms with Crippen LogP contribution in [0.1, 0.15) is 44.9 Å². The van der Waals surface area contributed by atoms with E-state index < -0.39 is 12.0 Å². The number of aromatic nitrogens is 1. The van der Waals surface area contributed by atoms with Gasteiger partial charge in [0.1, 0.15) is 5.69 Å². The van der Waals surface area contributed by atoms with Crippen LogP contribution in [0.15, 0.2) is 0 Å². The number of carbonyl (C=O) groups excluding carboxylic acids is 2. The summed E-state index contributed by atoms with van der Waals surface area (Å²) in [6, 6.07) is -0.989. The van der Waals surface area contributed by atoms with Crippen molar-refractivity contribution in [1.82, 2.24) is 9.88 Å². The zero-order chi connectivity index (χ0) is 15.9. The molecule has 3 rings (SSSR count). The number of nitrogens with zero attached hydrogens (tertiary/aromatic N) is 1. The first-order valence-corrected chi connectivity index (χ1v) is 7.37. The minimum absolute atomic E-state index is 0.0144. The van der Waals surface area contributed by atoms with Crippen LogP contribution in [0.5, 0.6) is 0 Å². The molecule has 0 aromatic carbocycles. The number of amides is 1. The maximum atomic E-state index is 12.7. The second-order valence-corrected chi connectivity index (χ2v) is 5.68. The number of H-pyrrole nitrogens is 1. The molecule has 2 N–H and O–H groups in total. The number of aryl methyl sites for hydroxylation is 1. The van der Waals surface area contributed by atoms with E-state index >= 15 is 0 Å². The minimum atomic E-state index is -1.09. The van der Waals surface area contributed by atoms with E-state index in [4.69, 9.17) is 4.74 Å². The number of hydrogen-bond donors (Lipinski definition) is 2. The third kappa shape index (κ3) is 2.31. The Balaban J connectivity index is 1.95. The summed E-state index contributed by atoms with van der Waals surface area (Å²) in [4.78, 5) is 40.4. The number of ether oxygens (including phenoxy) is 1. The predicted octanol–water partition coefficient (Wildman–Crippen LogP) is 0.768. The Morgan fingerprint density at radius 2 is 2.14 bits per heavy atom. The SMILES string of the molecule is Cc1c(C(=O)N2CCOCC2C(=O)O)[nH]c2c1C(=O)CCC2. The van der Waals surface area contributed by atoms with Gasteiger partial charge in [-0.1, -0.05) is 0 Å². The highest BCUT2D eigenvalue weighted by Gasteiger charge is 2.36. The fraction of sp³-hybridized carbons (Fsp3) is 0.533. The number of hydrogen-bond acceptors (Lipinski definition) is 4. The Bertz CT molecular complexity index is 649. The molecule has 0 spiro atoms. The molecule has 1 aliphatic carbocycles. The summed E-state index contributed by atoms with van der Waals surface area (Å²) in [6.45, 7) is 2.27. The standard InChI is InChI=1S/C15H18N2O5/c1-8-12-9(3-2-4-11(12)18)16-13(8)14(19)17-5-6-22-7-10(17)15(20)21/h10,16H,2-7H2,1H3,(H,20,21). The van der Waals surface area contributed by atoms with Crippen molar-refractivity contribution >= 4 is 17.7 Å². The smallest absolute Gasteiger partial charge is 0.328 e. The molecule has 1 aromatic heterocycles. The summed E-state index contributed by atoms with van der Waals surface area (Å²) in [5.41, 5.74) is 2.35. The Morgan fingerprint density at radius 1 is 1.36 bits per heavy atom. The number of aliphatic carboxylic acids is 1. The lowest BCUT2D eigenvalue weighted by Crippen LogP contribution is -2.52. The molecule has 7 nitrogen and oxygen atoms in total. The first-order chi connectivity index (χ1) is 10.5. The predicted molar refractivity (Wildman–Crippen MR) is 76.1 cm³/mol. The van der Waals surface area contributed by atoms with Gasteiger partial charge in [-0.3, -0.25) is 9.59 Å². The Kier molecular flexibility index (Phi) is 3.74. The maximum Gasteiger partial charge on any atom is 0.328 e. The molecule has 0 bridgehead atoms. The molecule has 0 radical (unpaired) electrons. The maximum absolute atomic E-state index is 12.7. The van der Waals surface area contributed by atoms with Crippen molar-refractivity contribution in [2.45, 2.75) is 32.2 Å². The molecule has 1 saturated heterocycles. The molecule has 1 amide bonds. The molecule has 7 heteroatoms. The normalized spacial score (nSPS) is 21.6. The molecule has 2 heterocycles. The highest BCUT2D eigenvalue weighted by atomic mass is 16.5. The molecule has 1 aromatic rings. The lowest BCUT2D eigenvalue weighted by Gasteiger charge is -2.32. The summed E-state index contributed by atoms with van der Waals surface area (Å²) < 4.78 is 5.15. The lowest BCUT2D eigenvalue weighted by molar-refractivity contribution is -0.147. The minimum Gasteiger partial charge on any atom is -0.480 e. The van der Waals surface area contributed by atoms with E-state index in [0.29, 0.717) is 29.8 Å². The van der Waals surface area contributed by atoms with Crippen LogP contribution in [-0.2, 0) is 16.0 Å². The number of Topliss-reactive ketones (excluding diaryl/α,β-unsaturated/α-hetero) is 1. The van der Waals surface area contributed by atoms with E-state index in [9.17, 15) is 19.5 Å². The molecule has 22 heavy (non-hydrogen) atoms. The van der Waals surface area contributed by atoms with E-state index in [0.717, 1.165) is 18.5 Å². The topological polar surface area (TPSA) is 99.7 Å².